The van der Waals surface area contributed by atoms with Crippen LogP contribution in [0.15, 0.2) is 12.3 Å². The molecular weight excluding hydrogens is 564 g/mol. The van der Waals surface area contributed by atoms with Crippen molar-refractivity contribution in [3.05, 3.63) is 18.0 Å². The third-order valence-corrected chi connectivity index (χ3v) is 7.42. The van der Waals surface area contributed by atoms with Gasteiger partial charge in [0, 0.05) is 24.8 Å². The van der Waals surface area contributed by atoms with E-state index >= 15 is 0 Å². The summed E-state index contributed by atoms with van der Waals surface area (Å²) in [5.41, 5.74) is -0.205. The lowest BCUT2D eigenvalue weighted by molar-refractivity contribution is -0.174. The zero-order valence-electron chi connectivity index (χ0n) is 25.6. The first-order valence-corrected chi connectivity index (χ1v) is 14.8. The van der Waals surface area contributed by atoms with E-state index in [2.05, 4.69) is 10.3 Å². The summed E-state index contributed by atoms with van der Waals surface area (Å²) in [5.74, 6) is -2.54. The molecule has 1 saturated carbocycles. The molecular formula is C30H44N2O11. The zero-order chi connectivity index (χ0) is 31.4. The number of hydrogen-bond donors (Lipinski definition) is 1. The summed E-state index contributed by atoms with van der Waals surface area (Å²) >= 11 is 0. The van der Waals surface area contributed by atoms with Crippen molar-refractivity contribution >= 4 is 23.8 Å². The van der Waals surface area contributed by atoms with Gasteiger partial charge in [0.15, 0.2) is 23.2 Å². The molecule has 3 rings (SSSR count). The van der Waals surface area contributed by atoms with E-state index in [1.54, 1.807) is 27.7 Å². The molecule has 1 aromatic heterocycles. The van der Waals surface area contributed by atoms with Gasteiger partial charge in [-0.05, 0) is 26.2 Å². The standard InChI is InChI=1S/C30H44N2O11/c1-6-38-16-24(33)40-17-41-27-23(37-5)11-12-31-25(27)28(34)32-22-15-39-14-21(13-20-9-7-8-10-20)26(19(4)42-30(22)36)43-29(35)18(2)3/h11-12,18-22,26H,6-10,13-17H2,1-5H3,(H,32,34)/t19-,21-,22-,26-/m0/s1. The minimum atomic E-state index is -1.19. The predicted molar refractivity (Wildman–Crippen MR) is 151 cm³/mol. The third-order valence-electron chi connectivity index (χ3n) is 7.42. The van der Waals surface area contributed by atoms with E-state index in [9.17, 15) is 19.2 Å². The minimum Gasteiger partial charge on any atom is -0.493 e. The number of pyridine rings is 1. The third kappa shape index (κ3) is 10.1. The molecule has 4 atom stereocenters. The van der Waals surface area contributed by atoms with Crippen LogP contribution in [0.1, 0.15) is 70.3 Å². The van der Waals surface area contributed by atoms with Gasteiger partial charge in [-0.25, -0.2) is 14.6 Å². The number of carbonyl (C=O) groups is 4. The SMILES string of the molecule is CCOCC(=O)OCOc1c(OC)ccnc1C(=O)N[C@H]1COC[C@H](CC2CCCC2)[C@@H](OC(=O)C(C)C)[C@H](C)OC1=O. The van der Waals surface area contributed by atoms with Crippen LogP contribution in [-0.4, -0.2) is 87.4 Å². The van der Waals surface area contributed by atoms with Crippen molar-refractivity contribution in [2.45, 2.75) is 78.0 Å². The lowest BCUT2D eigenvalue weighted by Crippen LogP contribution is -2.47. The van der Waals surface area contributed by atoms with Gasteiger partial charge in [-0.3, -0.25) is 9.59 Å². The highest BCUT2D eigenvalue weighted by atomic mass is 16.7. The van der Waals surface area contributed by atoms with E-state index in [0.717, 1.165) is 32.1 Å². The predicted octanol–water partition coefficient (Wildman–Crippen LogP) is 2.83. The number of aromatic nitrogens is 1. The maximum atomic E-state index is 13.4. The van der Waals surface area contributed by atoms with Gasteiger partial charge in [0.05, 0.1) is 26.2 Å². The number of nitrogens with one attached hydrogen (secondary N) is 1. The normalized spacial score (nSPS) is 23.0. The Kier molecular flexibility index (Phi) is 13.5. The molecule has 1 aliphatic heterocycles. The van der Waals surface area contributed by atoms with E-state index in [-0.39, 0.29) is 54.8 Å². The lowest BCUT2D eigenvalue weighted by Gasteiger charge is -2.32. The van der Waals surface area contributed by atoms with E-state index in [1.807, 2.05) is 0 Å². The maximum absolute atomic E-state index is 13.4. The molecule has 1 amide bonds. The van der Waals surface area contributed by atoms with Crippen LogP contribution in [0.2, 0.25) is 0 Å². The van der Waals surface area contributed by atoms with Gasteiger partial charge in [-0.1, -0.05) is 39.5 Å². The van der Waals surface area contributed by atoms with Crippen LogP contribution in [0.3, 0.4) is 0 Å². The number of methoxy groups -OCH3 is 1. The number of nitrogens with zero attached hydrogens (tertiary/aromatic N) is 1. The molecule has 2 aliphatic rings. The fourth-order valence-electron chi connectivity index (χ4n) is 5.16. The molecule has 240 valence electrons. The molecule has 1 aromatic rings. The van der Waals surface area contributed by atoms with Crippen LogP contribution in [0, 0.1) is 17.8 Å². The smallest absolute Gasteiger partial charge is 0.334 e. The van der Waals surface area contributed by atoms with E-state index in [1.165, 1.54) is 19.4 Å². The topological polar surface area (TPSA) is 158 Å². The molecule has 13 heteroatoms. The van der Waals surface area contributed by atoms with E-state index < -0.39 is 42.9 Å². The summed E-state index contributed by atoms with van der Waals surface area (Å²) in [6.07, 6.45) is 5.15. The Morgan fingerprint density at radius 3 is 2.58 bits per heavy atom. The Morgan fingerprint density at radius 1 is 1.16 bits per heavy atom. The Morgan fingerprint density at radius 2 is 1.91 bits per heavy atom. The summed E-state index contributed by atoms with van der Waals surface area (Å²) in [4.78, 5) is 55.1. The zero-order valence-corrected chi connectivity index (χ0v) is 25.6. The Balaban J connectivity index is 1.74. The number of amides is 1. The van der Waals surface area contributed by atoms with Gasteiger partial charge in [0.25, 0.3) is 5.91 Å². The quantitative estimate of drug-likeness (QED) is 0.199. The Hall–Kier alpha value is -3.45. The minimum absolute atomic E-state index is 0.0882. The summed E-state index contributed by atoms with van der Waals surface area (Å²) in [7, 11) is 1.38. The lowest BCUT2D eigenvalue weighted by atomic mass is 9.87. The molecule has 0 aromatic carbocycles. The molecule has 1 N–H and O–H groups in total. The summed E-state index contributed by atoms with van der Waals surface area (Å²) in [5, 5.41) is 2.61. The second kappa shape index (κ2) is 17.0. The number of cyclic esters (lactones) is 1. The number of rotatable bonds is 13. The number of hydrogen-bond acceptors (Lipinski definition) is 12. The van der Waals surface area contributed by atoms with Crippen LogP contribution >= 0.6 is 0 Å². The first-order valence-electron chi connectivity index (χ1n) is 14.8. The number of carbonyl (C=O) groups excluding carboxylic acids is 4. The monoisotopic (exact) mass is 608 g/mol. The Labute approximate surface area is 252 Å². The van der Waals surface area contributed by atoms with Crippen LogP contribution in [0.5, 0.6) is 11.5 Å². The van der Waals surface area contributed by atoms with Crippen molar-refractivity contribution in [3.63, 3.8) is 0 Å². The van der Waals surface area contributed by atoms with Gasteiger partial charge in [0.2, 0.25) is 6.79 Å². The van der Waals surface area contributed by atoms with Gasteiger partial charge in [-0.2, -0.15) is 0 Å². The van der Waals surface area contributed by atoms with Gasteiger partial charge < -0.3 is 38.5 Å². The number of ether oxygens (including phenoxy) is 7. The second-order valence-electron chi connectivity index (χ2n) is 11.0. The first kappa shape index (κ1) is 34.0. The van der Waals surface area contributed by atoms with E-state index in [4.69, 9.17) is 33.2 Å². The van der Waals surface area contributed by atoms with Crippen molar-refractivity contribution in [1.29, 1.82) is 0 Å². The summed E-state index contributed by atoms with van der Waals surface area (Å²) in [6.45, 7) is 6.53. The van der Waals surface area contributed by atoms with Crippen molar-refractivity contribution < 1.29 is 52.3 Å². The molecule has 0 spiro atoms. The van der Waals surface area contributed by atoms with Gasteiger partial charge >= 0.3 is 17.9 Å². The van der Waals surface area contributed by atoms with Crippen molar-refractivity contribution in [2.24, 2.45) is 17.8 Å². The molecule has 43 heavy (non-hydrogen) atoms. The van der Waals surface area contributed by atoms with Crippen LogP contribution in [0.25, 0.3) is 0 Å². The van der Waals surface area contributed by atoms with Crippen molar-refractivity contribution in [2.75, 3.05) is 40.3 Å². The highest BCUT2D eigenvalue weighted by Crippen LogP contribution is 2.34. The molecule has 0 bridgehead atoms. The molecule has 1 saturated heterocycles. The molecule has 0 radical (unpaired) electrons. The van der Waals surface area contributed by atoms with Crippen LogP contribution in [-0.2, 0) is 38.1 Å². The summed E-state index contributed by atoms with van der Waals surface area (Å²) < 4.78 is 38.4. The average molecular weight is 609 g/mol. The first-order chi connectivity index (χ1) is 20.6. The highest BCUT2D eigenvalue weighted by Gasteiger charge is 2.39. The van der Waals surface area contributed by atoms with E-state index in [0.29, 0.717) is 12.5 Å². The second-order valence-corrected chi connectivity index (χ2v) is 11.0. The maximum Gasteiger partial charge on any atom is 0.334 e. The van der Waals surface area contributed by atoms with Gasteiger partial charge in [-0.15, -0.1) is 0 Å². The van der Waals surface area contributed by atoms with Gasteiger partial charge in [0.1, 0.15) is 18.8 Å². The highest BCUT2D eigenvalue weighted by molar-refractivity contribution is 5.98. The largest absolute Gasteiger partial charge is 0.493 e. The van der Waals surface area contributed by atoms with Crippen molar-refractivity contribution in [1.82, 2.24) is 10.3 Å². The fraction of sp³-hybridized carbons (Fsp3) is 0.700. The van der Waals surface area contributed by atoms with Crippen molar-refractivity contribution in [3.8, 4) is 11.5 Å². The number of esters is 3. The molecule has 2 heterocycles. The molecule has 2 fully saturated rings. The molecule has 13 nitrogen and oxygen atoms in total. The summed E-state index contributed by atoms with van der Waals surface area (Å²) in [6, 6.07) is 0.280. The molecule has 0 unspecified atom stereocenters. The van der Waals surface area contributed by atoms with Crippen LogP contribution in [0.4, 0.5) is 0 Å². The average Bonchev–Trinajstić information content (AvgIpc) is 3.51. The fourth-order valence-corrected chi connectivity index (χ4v) is 5.16. The Bertz CT molecular complexity index is 1090. The molecule has 1 aliphatic carbocycles. The van der Waals surface area contributed by atoms with Crippen LogP contribution < -0.4 is 14.8 Å².